The molecule has 2 saturated carbocycles. The predicted octanol–water partition coefficient (Wildman–Crippen LogP) is 8.98. The summed E-state index contributed by atoms with van der Waals surface area (Å²) in [6, 6.07) is 23.8. The molecule has 0 radical (unpaired) electrons. The Morgan fingerprint density at radius 1 is 0.891 bits per heavy atom. The first kappa shape index (κ1) is 39.2. The lowest BCUT2D eigenvalue weighted by Gasteiger charge is -2.47. The minimum atomic E-state index is -1.29. The first-order valence-electron chi connectivity index (χ1n) is 20.5. The number of allylic oxidation sites excluding steroid dienone is 2. The van der Waals surface area contributed by atoms with Crippen LogP contribution in [-0.4, -0.2) is 63.2 Å². The summed E-state index contributed by atoms with van der Waals surface area (Å²) in [5.41, 5.74) is 1.33. The van der Waals surface area contributed by atoms with E-state index in [9.17, 15) is 19.8 Å². The molecule has 1 aliphatic heterocycles. The SMILES string of the molecule is CCCN(C[C@]1(O)CC[C@H]2c3ccc(cc3C(=O)c3ccccc3-c3ccccc3)C[C@@H](O)CCC(C)=CCC[C@@]21C)C(=O)[C@@]12CC[C@@](C)(C(=O)O1)C2(C)C. The van der Waals surface area contributed by atoms with Crippen LogP contribution in [0.25, 0.3) is 11.1 Å². The Labute approximate surface area is 327 Å². The molecule has 3 aromatic carbocycles. The van der Waals surface area contributed by atoms with Gasteiger partial charge in [-0.2, -0.15) is 0 Å². The van der Waals surface area contributed by atoms with Gasteiger partial charge in [-0.15, -0.1) is 0 Å². The molecule has 292 valence electrons. The number of aliphatic hydroxyl groups is 2. The Kier molecular flexibility index (Phi) is 10.3. The summed E-state index contributed by atoms with van der Waals surface area (Å²) in [5.74, 6) is -0.788. The van der Waals surface area contributed by atoms with Crippen molar-refractivity contribution in [1.82, 2.24) is 4.90 Å². The lowest BCUT2D eigenvalue weighted by Crippen LogP contribution is -2.60. The van der Waals surface area contributed by atoms with E-state index >= 15 is 4.79 Å². The normalized spacial score (nSPS) is 31.3. The number of ketones is 1. The maximum absolute atomic E-state index is 15.0. The van der Waals surface area contributed by atoms with Gasteiger partial charge in [-0.25, -0.2) is 0 Å². The Morgan fingerprint density at radius 3 is 2.31 bits per heavy atom. The fourth-order valence-electron chi connectivity index (χ4n) is 10.7. The highest BCUT2D eigenvalue weighted by Crippen LogP contribution is 2.66. The molecule has 7 heteroatoms. The average molecular weight is 746 g/mol. The highest BCUT2D eigenvalue weighted by molar-refractivity contribution is 6.14. The molecule has 3 fully saturated rings. The van der Waals surface area contributed by atoms with Crippen molar-refractivity contribution in [3.05, 3.63) is 107 Å². The van der Waals surface area contributed by atoms with Crippen molar-refractivity contribution in [1.29, 1.82) is 0 Å². The Balaban J connectivity index is 1.32. The van der Waals surface area contributed by atoms with Crippen molar-refractivity contribution in [2.45, 2.75) is 129 Å². The fraction of sp³-hybridized carbons (Fsp3) is 0.521. The van der Waals surface area contributed by atoms with Crippen LogP contribution in [-0.2, 0) is 20.7 Å². The van der Waals surface area contributed by atoms with Crippen LogP contribution >= 0.6 is 0 Å². The summed E-state index contributed by atoms with van der Waals surface area (Å²) >= 11 is 0. The van der Waals surface area contributed by atoms with Gasteiger partial charge >= 0.3 is 5.97 Å². The van der Waals surface area contributed by atoms with Gasteiger partial charge in [-0.05, 0) is 112 Å². The summed E-state index contributed by atoms with van der Waals surface area (Å²) in [7, 11) is 0. The summed E-state index contributed by atoms with van der Waals surface area (Å²) < 4.78 is 6.08. The second-order valence-corrected chi connectivity index (χ2v) is 18.1. The van der Waals surface area contributed by atoms with Crippen molar-refractivity contribution in [2.75, 3.05) is 13.1 Å². The van der Waals surface area contributed by atoms with Crippen molar-refractivity contribution in [2.24, 2.45) is 16.2 Å². The highest BCUT2D eigenvalue weighted by Gasteiger charge is 2.76. The third kappa shape index (κ3) is 6.30. The molecule has 55 heavy (non-hydrogen) atoms. The van der Waals surface area contributed by atoms with E-state index in [0.717, 1.165) is 28.7 Å². The summed E-state index contributed by atoms with van der Waals surface area (Å²) in [5, 5.41) is 24.3. The number of rotatable bonds is 8. The number of esters is 1. The van der Waals surface area contributed by atoms with E-state index in [0.29, 0.717) is 75.5 Å². The minimum absolute atomic E-state index is 0.0807. The first-order chi connectivity index (χ1) is 26.1. The molecule has 0 aromatic heterocycles. The van der Waals surface area contributed by atoms with E-state index in [1.165, 1.54) is 5.57 Å². The number of hydrogen-bond acceptors (Lipinski definition) is 6. The maximum Gasteiger partial charge on any atom is 0.313 e. The number of carbonyl (C=O) groups is 3. The van der Waals surface area contributed by atoms with Gasteiger partial charge in [0.15, 0.2) is 11.4 Å². The monoisotopic (exact) mass is 745 g/mol. The van der Waals surface area contributed by atoms with Gasteiger partial charge in [0.05, 0.1) is 23.7 Å². The van der Waals surface area contributed by atoms with Crippen molar-refractivity contribution in [3.63, 3.8) is 0 Å². The predicted molar refractivity (Wildman–Crippen MR) is 216 cm³/mol. The summed E-state index contributed by atoms with van der Waals surface area (Å²) in [6.45, 7) is 12.7. The second-order valence-electron chi connectivity index (χ2n) is 18.1. The molecule has 8 rings (SSSR count). The van der Waals surface area contributed by atoms with E-state index in [1.54, 1.807) is 4.90 Å². The van der Waals surface area contributed by atoms with Gasteiger partial charge in [0.1, 0.15) is 0 Å². The van der Waals surface area contributed by atoms with Gasteiger partial charge in [0, 0.05) is 28.5 Å². The van der Waals surface area contributed by atoms with Gasteiger partial charge in [-0.1, -0.05) is 106 Å². The van der Waals surface area contributed by atoms with Crippen molar-refractivity contribution in [3.8, 4) is 11.1 Å². The molecular formula is C48H59NO6. The largest absolute Gasteiger partial charge is 0.448 e. The molecule has 4 aliphatic carbocycles. The third-order valence-corrected chi connectivity index (χ3v) is 14.8. The van der Waals surface area contributed by atoms with Crippen LogP contribution in [0.5, 0.6) is 0 Å². The van der Waals surface area contributed by atoms with Crippen LogP contribution in [0.1, 0.15) is 132 Å². The van der Waals surface area contributed by atoms with Crippen LogP contribution in [0.4, 0.5) is 0 Å². The molecular weight excluding hydrogens is 687 g/mol. The fourth-order valence-corrected chi connectivity index (χ4v) is 10.7. The molecule has 7 nitrogen and oxygen atoms in total. The van der Waals surface area contributed by atoms with E-state index in [2.05, 4.69) is 26.0 Å². The van der Waals surface area contributed by atoms with Crippen molar-refractivity contribution < 1.29 is 29.3 Å². The van der Waals surface area contributed by atoms with Crippen LogP contribution < -0.4 is 0 Å². The zero-order chi connectivity index (χ0) is 39.4. The molecule has 2 N–H and O–H groups in total. The number of benzene rings is 3. The highest BCUT2D eigenvalue weighted by atomic mass is 16.6. The smallest absolute Gasteiger partial charge is 0.313 e. The second kappa shape index (κ2) is 14.5. The zero-order valence-electron chi connectivity index (χ0n) is 33.6. The Bertz CT molecular complexity index is 2000. The van der Waals surface area contributed by atoms with Gasteiger partial charge in [-0.3, -0.25) is 14.4 Å². The number of carbonyl (C=O) groups excluding carboxylic acids is 3. The average Bonchev–Trinajstić information content (AvgIpc) is 3.61. The topological polar surface area (TPSA) is 104 Å². The lowest BCUT2D eigenvalue weighted by atomic mass is 9.64. The number of fused-ring (bicyclic) bond motifs is 10. The molecule has 0 unspecified atom stereocenters. The van der Waals surface area contributed by atoms with E-state index in [4.69, 9.17) is 4.74 Å². The molecule has 1 heterocycles. The number of amides is 1. The lowest BCUT2D eigenvalue weighted by molar-refractivity contribution is -0.177. The quantitative estimate of drug-likeness (QED) is 0.136. The van der Waals surface area contributed by atoms with Crippen molar-refractivity contribution >= 4 is 17.7 Å². The first-order valence-corrected chi connectivity index (χ1v) is 20.5. The summed E-state index contributed by atoms with van der Waals surface area (Å²) in [4.78, 5) is 44.9. The standard InChI is InChI=1S/C48H59NO6/c1-7-28-49(42(52)48-27-26-46(6,43(53)55-48)44(48,3)4)31-47(54)25-23-40-37-22-20-33(29-35(50)21-19-32(2)14-13-24-45(40,47)5)30-39(37)41(51)38-18-12-11-17-36(38)34-15-9-8-10-16-34/h8-12,14-18,20,22,30,35,40,50,54H,7,13,19,21,23-29,31H2,1-6H3/t35-,40-,45-,46-,47+,48+/m0/s1. The molecule has 6 atom stereocenters. The molecule has 1 amide bonds. The number of hydrogen-bond donors (Lipinski definition) is 2. The van der Waals surface area contributed by atoms with Gasteiger partial charge in [0.2, 0.25) is 0 Å². The molecule has 4 bridgehead atoms. The van der Waals surface area contributed by atoms with Crippen LogP contribution in [0.15, 0.2) is 84.4 Å². The van der Waals surface area contributed by atoms with Crippen LogP contribution in [0.2, 0.25) is 0 Å². The maximum atomic E-state index is 15.0. The molecule has 5 aliphatic rings. The van der Waals surface area contributed by atoms with Crippen LogP contribution in [0, 0.1) is 16.2 Å². The summed E-state index contributed by atoms with van der Waals surface area (Å²) in [6.07, 6.45) is 7.71. The third-order valence-electron chi connectivity index (χ3n) is 14.8. The van der Waals surface area contributed by atoms with Gasteiger partial charge in [0.25, 0.3) is 5.91 Å². The molecule has 1 saturated heterocycles. The van der Waals surface area contributed by atoms with E-state index in [-0.39, 0.29) is 30.1 Å². The van der Waals surface area contributed by atoms with E-state index < -0.39 is 33.6 Å². The zero-order valence-corrected chi connectivity index (χ0v) is 33.6. The van der Waals surface area contributed by atoms with E-state index in [1.807, 2.05) is 94.4 Å². The number of nitrogens with zero attached hydrogens (tertiary/aromatic N) is 1. The number of ether oxygens (including phenoxy) is 1. The van der Waals surface area contributed by atoms with Crippen LogP contribution in [0.3, 0.4) is 0 Å². The van der Waals surface area contributed by atoms with Gasteiger partial charge < -0.3 is 19.8 Å². The number of aliphatic hydroxyl groups excluding tert-OH is 1. The Morgan fingerprint density at radius 2 is 1.62 bits per heavy atom. The molecule has 0 spiro atoms. The minimum Gasteiger partial charge on any atom is -0.448 e. The Hall–Kier alpha value is -4.07. The molecule has 3 aromatic rings.